The monoisotopic (exact) mass is 273 g/mol. The van der Waals surface area contributed by atoms with Gasteiger partial charge in [-0.25, -0.2) is 0 Å². The number of hydrogen-bond acceptors (Lipinski definition) is 4. The van der Waals surface area contributed by atoms with Crippen molar-refractivity contribution in [3.8, 4) is 0 Å². The molecule has 114 valence electrons. The lowest BCUT2D eigenvalue weighted by Crippen LogP contribution is -2.48. The molecule has 0 radical (unpaired) electrons. The van der Waals surface area contributed by atoms with Gasteiger partial charge in [0.25, 0.3) is 0 Å². The van der Waals surface area contributed by atoms with E-state index in [1.807, 2.05) is 20.8 Å². The maximum atomic E-state index is 10.2. The van der Waals surface area contributed by atoms with Crippen molar-refractivity contribution in [2.75, 3.05) is 26.4 Å². The van der Waals surface area contributed by atoms with Crippen molar-refractivity contribution in [2.24, 2.45) is 0 Å². The van der Waals surface area contributed by atoms with Gasteiger partial charge in [-0.1, -0.05) is 0 Å². The second-order valence-electron chi connectivity index (χ2n) is 6.71. The smallest absolute Gasteiger partial charge is 0.0900 e. The van der Waals surface area contributed by atoms with Gasteiger partial charge in [-0.2, -0.15) is 0 Å². The molecule has 1 atom stereocenters. The Hall–Kier alpha value is -0.160. The summed E-state index contributed by atoms with van der Waals surface area (Å²) in [5.74, 6) is 0. The summed E-state index contributed by atoms with van der Waals surface area (Å²) in [5.41, 5.74) is -0.192. The second kappa shape index (κ2) is 7.58. The summed E-state index contributed by atoms with van der Waals surface area (Å²) in [6, 6.07) is 0.963. The van der Waals surface area contributed by atoms with E-state index in [0.29, 0.717) is 25.2 Å². The van der Waals surface area contributed by atoms with E-state index < -0.39 is 6.10 Å². The fourth-order valence-corrected chi connectivity index (χ4v) is 2.44. The Balaban J connectivity index is 2.43. The van der Waals surface area contributed by atoms with Gasteiger partial charge in [0.2, 0.25) is 0 Å². The fraction of sp³-hybridized carbons (Fsp3) is 1.00. The first kappa shape index (κ1) is 16.9. The maximum absolute atomic E-state index is 10.2. The molecule has 0 saturated carbocycles. The van der Waals surface area contributed by atoms with Crippen molar-refractivity contribution in [1.82, 2.24) is 4.90 Å². The van der Waals surface area contributed by atoms with Crippen molar-refractivity contribution < 1.29 is 14.6 Å². The van der Waals surface area contributed by atoms with Crippen molar-refractivity contribution >= 4 is 0 Å². The molecule has 0 aromatic heterocycles. The highest BCUT2D eigenvalue weighted by Crippen LogP contribution is 2.18. The molecule has 0 aromatic carbocycles. The SMILES string of the molecule is CC(C)N(CC(O)COC(C)(C)C)C1CCOCC1. The van der Waals surface area contributed by atoms with Gasteiger partial charge in [-0.15, -0.1) is 0 Å². The second-order valence-corrected chi connectivity index (χ2v) is 6.71. The number of aliphatic hydroxyl groups excluding tert-OH is 1. The molecule has 0 spiro atoms. The van der Waals surface area contributed by atoms with Crippen LogP contribution in [-0.4, -0.2) is 60.2 Å². The summed E-state index contributed by atoms with van der Waals surface area (Å²) in [4.78, 5) is 2.39. The minimum Gasteiger partial charge on any atom is -0.389 e. The van der Waals surface area contributed by atoms with Crippen LogP contribution in [0.15, 0.2) is 0 Å². The molecular formula is C15H31NO3. The van der Waals surface area contributed by atoms with Gasteiger partial charge in [0.1, 0.15) is 0 Å². The molecule has 1 fully saturated rings. The lowest BCUT2D eigenvalue weighted by Gasteiger charge is -2.38. The predicted octanol–water partition coefficient (Wildman–Crippen LogP) is 2.05. The minimum atomic E-state index is -0.426. The molecule has 1 aliphatic heterocycles. The molecule has 1 N–H and O–H groups in total. The number of nitrogens with zero attached hydrogens (tertiary/aromatic N) is 1. The molecule has 4 heteroatoms. The maximum Gasteiger partial charge on any atom is 0.0900 e. The summed E-state index contributed by atoms with van der Waals surface area (Å²) < 4.78 is 11.1. The third-order valence-electron chi connectivity index (χ3n) is 3.45. The van der Waals surface area contributed by atoms with Crippen LogP contribution in [0, 0.1) is 0 Å². The van der Waals surface area contributed by atoms with Gasteiger partial charge in [0.15, 0.2) is 0 Å². The summed E-state index contributed by atoms with van der Waals surface area (Å²) >= 11 is 0. The van der Waals surface area contributed by atoms with E-state index >= 15 is 0 Å². The average molecular weight is 273 g/mol. The molecule has 1 unspecified atom stereocenters. The van der Waals surface area contributed by atoms with Crippen molar-refractivity contribution in [2.45, 2.75) is 71.2 Å². The van der Waals surface area contributed by atoms with Crippen LogP contribution in [0.25, 0.3) is 0 Å². The zero-order chi connectivity index (χ0) is 14.5. The van der Waals surface area contributed by atoms with E-state index in [4.69, 9.17) is 9.47 Å². The van der Waals surface area contributed by atoms with Crippen LogP contribution >= 0.6 is 0 Å². The fourth-order valence-electron chi connectivity index (χ4n) is 2.44. The van der Waals surface area contributed by atoms with Crippen molar-refractivity contribution in [3.05, 3.63) is 0 Å². The van der Waals surface area contributed by atoms with Gasteiger partial charge in [-0.05, 0) is 47.5 Å². The molecule has 19 heavy (non-hydrogen) atoms. The van der Waals surface area contributed by atoms with Crippen LogP contribution in [-0.2, 0) is 9.47 Å². The summed E-state index contributed by atoms with van der Waals surface area (Å²) in [6.07, 6.45) is 1.69. The van der Waals surface area contributed by atoms with Crippen LogP contribution in [0.3, 0.4) is 0 Å². The number of hydrogen-bond donors (Lipinski definition) is 1. The molecule has 1 heterocycles. The summed E-state index contributed by atoms with van der Waals surface area (Å²) in [7, 11) is 0. The Labute approximate surface area is 118 Å². The minimum absolute atomic E-state index is 0.192. The summed E-state index contributed by atoms with van der Waals surface area (Å²) in [5, 5.41) is 10.2. The van der Waals surface area contributed by atoms with Crippen LogP contribution in [0.5, 0.6) is 0 Å². The Morgan fingerprint density at radius 1 is 1.26 bits per heavy atom. The topological polar surface area (TPSA) is 41.9 Å². The molecule has 1 rings (SSSR count). The summed E-state index contributed by atoms with van der Waals surface area (Å²) in [6.45, 7) is 13.2. The lowest BCUT2D eigenvalue weighted by molar-refractivity contribution is -0.0671. The first-order chi connectivity index (χ1) is 8.79. The van der Waals surface area contributed by atoms with Gasteiger partial charge in [0.05, 0.1) is 18.3 Å². The third kappa shape index (κ3) is 6.70. The van der Waals surface area contributed by atoms with E-state index in [-0.39, 0.29) is 5.60 Å². The van der Waals surface area contributed by atoms with Crippen LogP contribution in [0.4, 0.5) is 0 Å². The largest absolute Gasteiger partial charge is 0.389 e. The van der Waals surface area contributed by atoms with E-state index in [1.165, 1.54) is 0 Å². The van der Waals surface area contributed by atoms with E-state index in [2.05, 4.69) is 18.7 Å². The third-order valence-corrected chi connectivity index (χ3v) is 3.45. The van der Waals surface area contributed by atoms with Gasteiger partial charge < -0.3 is 14.6 Å². The molecule has 0 bridgehead atoms. The quantitative estimate of drug-likeness (QED) is 0.804. The first-order valence-electron chi connectivity index (χ1n) is 7.45. The zero-order valence-corrected chi connectivity index (χ0v) is 13.2. The zero-order valence-electron chi connectivity index (χ0n) is 13.2. The normalized spacial score (nSPS) is 20.2. The van der Waals surface area contributed by atoms with Crippen LogP contribution in [0.1, 0.15) is 47.5 Å². The Kier molecular flexibility index (Phi) is 6.74. The Morgan fingerprint density at radius 3 is 2.32 bits per heavy atom. The standard InChI is InChI=1S/C15H31NO3/c1-12(2)16(13-6-8-18-9-7-13)10-14(17)11-19-15(3,4)5/h12-14,17H,6-11H2,1-5H3. The number of rotatable bonds is 6. The van der Waals surface area contributed by atoms with Gasteiger partial charge in [-0.3, -0.25) is 4.90 Å². The molecular weight excluding hydrogens is 242 g/mol. The lowest BCUT2D eigenvalue weighted by atomic mass is 10.0. The van der Waals surface area contributed by atoms with Gasteiger partial charge >= 0.3 is 0 Å². The van der Waals surface area contributed by atoms with E-state index in [0.717, 1.165) is 26.1 Å². The first-order valence-corrected chi connectivity index (χ1v) is 7.45. The highest BCUT2D eigenvalue weighted by atomic mass is 16.5. The van der Waals surface area contributed by atoms with Crippen molar-refractivity contribution in [1.29, 1.82) is 0 Å². The predicted molar refractivity (Wildman–Crippen MR) is 77.4 cm³/mol. The Morgan fingerprint density at radius 2 is 1.84 bits per heavy atom. The van der Waals surface area contributed by atoms with Crippen molar-refractivity contribution in [3.63, 3.8) is 0 Å². The molecule has 4 nitrogen and oxygen atoms in total. The molecule has 1 saturated heterocycles. The number of ether oxygens (including phenoxy) is 2. The molecule has 0 amide bonds. The number of aliphatic hydroxyl groups is 1. The molecule has 0 aromatic rings. The molecule has 1 aliphatic rings. The van der Waals surface area contributed by atoms with E-state index in [1.54, 1.807) is 0 Å². The molecule has 0 aliphatic carbocycles. The average Bonchev–Trinajstić information content (AvgIpc) is 2.33. The van der Waals surface area contributed by atoms with Crippen LogP contribution < -0.4 is 0 Å². The van der Waals surface area contributed by atoms with E-state index in [9.17, 15) is 5.11 Å². The highest BCUT2D eigenvalue weighted by molar-refractivity contribution is 4.79. The highest BCUT2D eigenvalue weighted by Gasteiger charge is 2.26. The Bertz CT molecular complexity index is 244. The van der Waals surface area contributed by atoms with Gasteiger partial charge in [0, 0.05) is 31.8 Å². The van der Waals surface area contributed by atoms with Crippen LogP contribution in [0.2, 0.25) is 0 Å².